The van der Waals surface area contributed by atoms with Crippen LogP contribution in [0, 0.1) is 11.8 Å². The van der Waals surface area contributed by atoms with Crippen LogP contribution in [0.15, 0.2) is 48.5 Å². The third kappa shape index (κ3) is 18.5. The zero-order valence-corrected chi connectivity index (χ0v) is 38.4. The molecule has 9 nitrogen and oxygen atoms in total. The number of ether oxygens (including phenoxy) is 4. The van der Waals surface area contributed by atoms with Gasteiger partial charge in [-0.1, -0.05) is 113 Å². The van der Waals surface area contributed by atoms with E-state index in [0.717, 1.165) is 49.9 Å². The molecule has 59 heavy (non-hydrogen) atoms. The van der Waals surface area contributed by atoms with Crippen LogP contribution in [0.5, 0.6) is 11.5 Å². The molecule has 0 saturated heterocycles. The van der Waals surface area contributed by atoms with Gasteiger partial charge in [0.2, 0.25) is 0 Å². The first-order chi connectivity index (χ1) is 28.5. The Bertz CT molecular complexity index is 1610. The molecular weight excluding hydrogens is 743 g/mol. The molecule has 1 N–H and O–H groups in total. The van der Waals surface area contributed by atoms with Crippen LogP contribution < -0.4 is 9.47 Å². The average Bonchev–Trinajstić information content (AvgIpc) is 3.44. The number of benzene rings is 2. The molecule has 0 aliphatic heterocycles. The smallest absolute Gasteiger partial charge is 0.305 e. The number of Topliss-reactive ketones (excluding diaryl/α,β-unsaturated/α-hetero) is 1. The molecule has 2 aromatic carbocycles. The monoisotopic (exact) mass is 822 g/mol. The molecule has 4 atom stereocenters. The fourth-order valence-electron chi connectivity index (χ4n) is 6.87. The quantitative estimate of drug-likeness (QED) is 0.0534. The fraction of sp³-hybridized carbons (Fsp3) is 0.640. The second-order valence-corrected chi connectivity index (χ2v) is 15.4. The molecule has 4 rings (SSSR count). The highest BCUT2D eigenvalue weighted by Gasteiger charge is 2.49. The zero-order valence-electron chi connectivity index (χ0n) is 38.4. The molecule has 1 aliphatic rings. The lowest BCUT2D eigenvalue weighted by atomic mass is 9.86. The van der Waals surface area contributed by atoms with Gasteiger partial charge in [0.15, 0.2) is 5.78 Å². The number of hydrogen-bond acceptors (Lipinski definition) is 9. The number of nitrogens with zero attached hydrogens (tertiary/aromatic N) is 1. The van der Waals surface area contributed by atoms with E-state index in [9.17, 15) is 19.5 Å². The van der Waals surface area contributed by atoms with Crippen molar-refractivity contribution in [2.24, 2.45) is 11.8 Å². The van der Waals surface area contributed by atoms with Gasteiger partial charge in [0.1, 0.15) is 23.4 Å². The summed E-state index contributed by atoms with van der Waals surface area (Å²) in [7, 11) is 1.79. The summed E-state index contributed by atoms with van der Waals surface area (Å²) >= 11 is 0. The molecule has 0 amide bonds. The molecule has 0 saturated carbocycles. The highest BCUT2D eigenvalue weighted by Crippen LogP contribution is 2.47. The van der Waals surface area contributed by atoms with E-state index in [-0.39, 0.29) is 11.8 Å². The molecule has 1 heterocycles. The Labute approximate surface area is 357 Å². The molecule has 4 unspecified atom stereocenters. The Balaban J connectivity index is 0.000000925. The second kappa shape index (κ2) is 31.1. The number of carbonyl (C=O) groups is 3. The summed E-state index contributed by atoms with van der Waals surface area (Å²) in [5, 5.41) is 12.4. The number of pyridine rings is 1. The van der Waals surface area contributed by atoms with Gasteiger partial charge in [0.05, 0.1) is 36.9 Å². The first-order valence-corrected chi connectivity index (χ1v) is 22.7. The van der Waals surface area contributed by atoms with Crippen LogP contribution in [-0.4, -0.2) is 61.7 Å². The summed E-state index contributed by atoms with van der Waals surface area (Å²) < 4.78 is 22.2. The van der Waals surface area contributed by atoms with E-state index in [1.165, 1.54) is 38.5 Å². The lowest BCUT2D eigenvalue weighted by Gasteiger charge is -2.25. The SMILES string of the molecule is CC.CCC.CCCCC(CC)COC(=O)CCCOc1ccc2nc(C3C(=O)c4ccc(OCCCC=O)cc4C3(C)O)ccc2c1.CCCCCC(CC)COC. The number of hydrogen-bond donors (Lipinski definition) is 1. The van der Waals surface area contributed by atoms with Gasteiger partial charge in [0, 0.05) is 37.5 Å². The predicted molar refractivity (Wildman–Crippen MR) is 242 cm³/mol. The van der Waals surface area contributed by atoms with Crippen molar-refractivity contribution < 1.29 is 38.4 Å². The minimum atomic E-state index is -1.47. The largest absolute Gasteiger partial charge is 0.494 e. The van der Waals surface area contributed by atoms with Crippen molar-refractivity contribution in [1.82, 2.24) is 4.98 Å². The van der Waals surface area contributed by atoms with E-state index in [2.05, 4.69) is 41.5 Å². The normalized spacial score (nSPS) is 16.3. The maximum absolute atomic E-state index is 13.4. The molecule has 3 aromatic rings. The molecular formula is C50H79NO8. The molecule has 1 aromatic heterocycles. The van der Waals surface area contributed by atoms with E-state index in [0.29, 0.717) is 85.3 Å². The van der Waals surface area contributed by atoms with Crippen LogP contribution in [0.3, 0.4) is 0 Å². The van der Waals surface area contributed by atoms with E-state index in [1.54, 1.807) is 38.3 Å². The summed E-state index contributed by atoms with van der Waals surface area (Å²) in [5.41, 5.74) is 0.657. The number of carbonyl (C=O) groups excluding carboxylic acids is 3. The number of methoxy groups -OCH3 is 1. The van der Waals surface area contributed by atoms with Crippen LogP contribution in [0.25, 0.3) is 10.9 Å². The molecule has 0 radical (unpaired) electrons. The van der Waals surface area contributed by atoms with Crippen molar-refractivity contribution in [2.45, 2.75) is 164 Å². The van der Waals surface area contributed by atoms with Crippen LogP contribution in [0.4, 0.5) is 0 Å². The van der Waals surface area contributed by atoms with Crippen molar-refractivity contribution in [1.29, 1.82) is 0 Å². The average molecular weight is 822 g/mol. The van der Waals surface area contributed by atoms with Gasteiger partial charge < -0.3 is 28.8 Å². The number of unbranched alkanes of at least 4 members (excludes halogenated alkanes) is 4. The first-order valence-electron chi connectivity index (χ1n) is 22.7. The Kier molecular flexibility index (Phi) is 28.1. The number of rotatable bonds is 24. The molecule has 0 bridgehead atoms. The zero-order chi connectivity index (χ0) is 44.1. The summed E-state index contributed by atoms with van der Waals surface area (Å²) in [5.74, 6) is 1.20. The minimum absolute atomic E-state index is 0.188. The van der Waals surface area contributed by atoms with E-state index >= 15 is 0 Å². The van der Waals surface area contributed by atoms with Crippen LogP contribution in [0.1, 0.15) is 180 Å². The molecule has 1 aliphatic carbocycles. The highest BCUT2D eigenvalue weighted by molar-refractivity contribution is 6.07. The first kappa shape index (κ1) is 53.2. The van der Waals surface area contributed by atoms with E-state index in [1.807, 2.05) is 38.1 Å². The van der Waals surface area contributed by atoms with Gasteiger partial charge in [-0.05, 0) is 92.5 Å². The van der Waals surface area contributed by atoms with Gasteiger partial charge >= 0.3 is 5.97 Å². The Morgan fingerprint density at radius 1 is 0.814 bits per heavy atom. The number of aliphatic hydroxyl groups is 1. The van der Waals surface area contributed by atoms with Crippen molar-refractivity contribution in [2.75, 3.05) is 33.5 Å². The van der Waals surface area contributed by atoms with Crippen LogP contribution in [-0.2, 0) is 24.7 Å². The summed E-state index contributed by atoms with van der Waals surface area (Å²) in [6.45, 7) is 20.9. The number of esters is 1. The van der Waals surface area contributed by atoms with Gasteiger partial charge in [-0.2, -0.15) is 0 Å². The lowest BCUT2D eigenvalue weighted by Crippen LogP contribution is -2.28. The third-order valence-corrected chi connectivity index (χ3v) is 10.4. The number of fused-ring (bicyclic) bond motifs is 2. The Morgan fingerprint density at radius 2 is 1.42 bits per heavy atom. The summed E-state index contributed by atoms with van der Waals surface area (Å²) in [6, 6.07) is 14.3. The Morgan fingerprint density at radius 3 is 2.05 bits per heavy atom. The molecule has 9 heteroatoms. The topological polar surface area (TPSA) is 121 Å². The van der Waals surface area contributed by atoms with E-state index < -0.39 is 11.5 Å². The Hall–Kier alpha value is -3.82. The summed E-state index contributed by atoms with van der Waals surface area (Å²) in [4.78, 5) is 40.8. The number of aldehydes is 1. The van der Waals surface area contributed by atoms with Crippen molar-refractivity contribution >= 4 is 28.9 Å². The third-order valence-electron chi connectivity index (χ3n) is 10.4. The van der Waals surface area contributed by atoms with Gasteiger partial charge in [-0.25, -0.2) is 0 Å². The molecule has 0 spiro atoms. The number of ketones is 1. The standard InChI is InChI=1S/C35H43NO7.C10H22O.C3H8.C2H6/c1-4-6-10-24(5-2)23-43-32(38)11-9-20-42-26-14-17-30-25(21-26)12-16-31(36-30)33-34(39)28-15-13-27(41-19-8-7-18-37)22-29(28)35(33,3)40;1-4-6-7-8-10(5-2)9-11-3;1-3-2;1-2/h12-18,21-22,24,33,40H,4-11,19-20,23H2,1-3H3;10H,4-9H2,1-3H3;3H2,1-2H3;1-2H3. The predicted octanol–water partition coefficient (Wildman–Crippen LogP) is 12.4. The van der Waals surface area contributed by atoms with E-state index in [4.69, 9.17) is 23.9 Å². The lowest BCUT2D eigenvalue weighted by molar-refractivity contribution is -0.145. The molecule has 0 fully saturated rings. The van der Waals surface area contributed by atoms with Crippen molar-refractivity contribution in [3.63, 3.8) is 0 Å². The van der Waals surface area contributed by atoms with Crippen LogP contribution >= 0.6 is 0 Å². The van der Waals surface area contributed by atoms with Crippen molar-refractivity contribution in [3.05, 3.63) is 65.4 Å². The maximum atomic E-state index is 13.4. The highest BCUT2D eigenvalue weighted by atomic mass is 16.5. The maximum Gasteiger partial charge on any atom is 0.305 e. The number of aromatic nitrogens is 1. The summed E-state index contributed by atoms with van der Waals surface area (Å²) in [6.07, 6.45) is 15.1. The van der Waals surface area contributed by atoms with Gasteiger partial charge in [0.25, 0.3) is 0 Å². The van der Waals surface area contributed by atoms with Gasteiger partial charge in [-0.15, -0.1) is 0 Å². The van der Waals surface area contributed by atoms with Crippen molar-refractivity contribution in [3.8, 4) is 11.5 Å². The minimum Gasteiger partial charge on any atom is -0.494 e. The molecule has 332 valence electrons. The van der Waals surface area contributed by atoms with Crippen LogP contribution in [0.2, 0.25) is 0 Å². The second-order valence-electron chi connectivity index (χ2n) is 15.4. The fourth-order valence-corrected chi connectivity index (χ4v) is 6.87. The van der Waals surface area contributed by atoms with Gasteiger partial charge in [-0.3, -0.25) is 14.6 Å².